The number of nitrogens with zero attached hydrogens (tertiary/aromatic N) is 1. The van der Waals surface area contributed by atoms with Crippen LogP contribution in [0.2, 0.25) is 0 Å². The van der Waals surface area contributed by atoms with E-state index in [4.69, 9.17) is 0 Å². The van der Waals surface area contributed by atoms with Crippen molar-refractivity contribution in [1.29, 1.82) is 0 Å². The number of carbonyl (C=O) groups is 2. The third-order valence-corrected chi connectivity index (χ3v) is 5.31. The molecular weight excluding hydrogens is 408 g/mol. The van der Waals surface area contributed by atoms with Crippen LogP contribution >= 0.6 is 0 Å². The maximum Gasteiger partial charge on any atom is 0.320 e. The van der Waals surface area contributed by atoms with Crippen molar-refractivity contribution in [3.63, 3.8) is 0 Å². The number of phenols is 2. The van der Waals surface area contributed by atoms with Crippen LogP contribution in [-0.4, -0.2) is 45.2 Å². The molecule has 7 heteroatoms. The van der Waals surface area contributed by atoms with E-state index in [1.165, 1.54) is 17.0 Å². The molecule has 0 aromatic heterocycles. The molecule has 0 radical (unpaired) electrons. The summed E-state index contributed by atoms with van der Waals surface area (Å²) in [6.45, 7) is 8.51. The van der Waals surface area contributed by atoms with E-state index in [0.717, 1.165) is 11.1 Å². The van der Waals surface area contributed by atoms with Gasteiger partial charge in [0.25, 0.3) is 5.91 Å². The first kappa shape index (κ1) is 25.2. The van der Waals surface area contributed by atoms with Crippen molar-refractivity contribution in [2.24, 2.45) is 5.92 Å². The first-order valence-corrected chi connectivity index (χ1v) is 10.8. The van der Waals surface area contributed by atoms with Gasteiger partial charge in [0.15, 0.2) is 0 Å². The van der Waals surface area contributed by atoms with Gasteiger partial charge in [-0.3, -0.25) is 9.59 Å². The van der Waals surface area contributed by atoms with Crippen molar-refractivity contribution >= 4 is 11.9 Å². The van der Waals surface area contributed by atoms with Gasteiger partial charge in [-0.15, -0.1) is 0 Å². The molecule has 4 N–H and O–H groups in total. The van der Waals surface area contributed by atoms with Gasteiger partial charge < -0.3 is 25.5 Å². The number of nitrogens with one attached hydrogen (secondary N) is 1. The van der Waals surface area contributed by atoms with Gasteiger partial charge in [-0.1, -0.05) is 52.0 Å². The van der Waals surface area contributed by atoms with E-state index in [1.807, 2.05) is 52.0 Å². The number of hydrogen-bond donors (Lipinski definition) is 4. The van der Waals surface area contributed by atoms with E-state index in [0.29, 0.717) is 25.1 Å². The fourth-order valence-electron chi connectivity index (χ4n) is 3.60. The minimum absolute atomic E-state index is 0.00182. The van der Waals surface area contributed by atoms with Gasteiger partial charge in [-0.25, -0.2) is 0 Å². The molecule has 1 atom stereocenters. The SMILES string of the molecule is CC(C)C[C@@H](NCc1cccc(CN(C)C(=O)c2cc(C(C)C)c(O)cc2O)c1)C(=O)O. The van der Waals surface area contributed by atoms with Crippen molar-refractivity contribution in [1.82, 2.24) is 10.2 Å². The molecule has 0 saturated carbocycles. The van der Waals surface area contributed by atoms with Crippen LogP contribution in [0.15, 0.2) is 36.4 Å². The van der Waals surface area contributed by atoms with Gasteiger partial charge in [0.05, 0.1) is 5.56 Å². The van der Waals surface area contributed by atoms with Crippen molar-refractivity contribution < 1.29 is 24.9 Å². The average Bonchev–Trinajstić information content (AvgIpc) is 2.70. The molecule has 0 bridgehead atoms. The van der Waals surface area contributed by atoms with Crippen LogP contribution in [0.25, 0.3) is 0 Å². The highest BCUT2D eigenvalue weighted by Gasteiger charge is 2.21. The molecule has 32 heavy (non-hydrogen) atoms. The second kappa shape index (κ2) is 11.0. The molecule has 2 aromatic carbocycles. The molecule has 0 aliphatic carbocycles. The third kappa shape index (κ3) is 6.72. The van der Waals surface area contributed by atoms with Crippen LogP contribution in [0.5, 0.6) is 11.5 Å². The van der Waals surface area contributed by atoms with E-state index in [9.17, 15) is 24.9 Å². The Morgan fingerprint density at radius 2 is 1.66 bits per heavy atom. The van der Waals surface area contributed by atoms with Gasteiger partial charge in [0.1, 0.15) is 17.5 Å². The summed E-state index contributed by atoms with van der Waals surface area (Å²) in [5, 5.41) is 32.7. The molecule has 2 aromatic rings. The van der Waals surface area contributed by atoms with Crippen molar-refractivity contribution in [3.8, 4) is 11.5 Å². The fourth-order valence-corrected chi connectivity index (χ4v) is 3.60. The number of benzene rings is 2. The first-order chi connectivity index (χ1) is 15.0. The zero-order valence-corrected chi connectivity index (χ0v) is 19.4. The summed E-state index contributed by atoms with van der Waals surface area (Å²) in [6, 6.07) is 9.74. The molecule has 7 nitrogen and oxygen atoms in total. The van der Waals surface area contributed by atoms with Crippen LogP contribution in [0.1, 0.15) is 67.1 Å². The largest absolute Gasteiger partial charge is 0.508 e. The summed E-state index contributed by atoms with van der Waals surface area (Å²) in [4.78, 5) is 25.9. The number of amides is 1. The maximum atomic E-state index is 12.9. The van der Waals surface area contributed by atoms with Crippen LogP contribution in [-0.2, 0) is 17.9 Å². The lowest BCUT2D eigenvalue weighted by Crippen LogP contribution is -2.37. The minimum Gasteiger partial charge on any atom is -0.508 e. The monoisotopic (exact) mass is 442 g/mol. The fraction of sp³-hybridized carbons (Fsp3) is 0.440. The third-order valence-electron chi connectivity index (χ3n) is 5.31. The Bertz CT molecular complexity index is 955. The highest BCUT2D eigenvalue weighted by atomic mass is 16.4. The van der Waals surface area contributed by atoms with Crippen molar-refractivity contribution in [3.05, 3.63) is 58.7 Å². The smallest absolute Gasteiger partial charge is 0.320 e. The Balaban J connectivity index is 2.11. The average molecular weight is 443 g/mol. The van der Waals surface area contributed by atoms with Gasteiger partial charge in [-0.2, -0.15) is 0 Å². The molecule has 0 fully saturated rings. The summed E-state index contributed by atoms with van der Waals surface area (Å²) in [6.07, 6.45) is 0.542. The molecule has 0 unspecified atom stereocenters. The van der Waals surface area contributed by atoms with Gasteiger partial charge in [0, 0.05) is 26.2 Å². The quantitative estimate of drug-likeness (QED) is 0.441. The molecule has 0 aliphatic heterocycles. The maximum absolute atomic E-state index is 12.9. The number of rotatable bonds is 10. The number of aliphatic carboxylic acids is 1. The lowest BCUT2D eigenvalue weighted by Gasteiger charge is -2.20. The summed E-state index contributed by atoms with van der Waals surface area (Å²) in [7, 11) is 1.65. The molecule has 0 spiro atoms. The van der Waals surface area contributed by atoms with Crippen LogP contribution in [0.3, 0.4) is 0 Å². The molecule has 174 valence electrons. The van der Waals surface area contributed by atoms with Crippen molar-refractivity contribution in [2.75, 3.05) is 7.05 Å². The summed E-state index contributed by atoms with van der Waals surface area (Å²) < 4.78 is 0. The number of hydrogen-bond acceptors (Lipinski definition) is 5. The summed E-state index contributed by atoms with van der Waals surface area (Å²) >= 11 is 0. The number of carboxylic acids is 1. The molecule has 0 aliphatic rings. The molecule has 1 amide bonds. The van der Waals surface area contributed by atoms with E-state index < -0.39 is 12.0 Å². The molecule has 0 heterocycles. The zero-order valence-electron chi connectivity index (χ0n) is 19.4. The predicted molar refractivity (Wildman–Crippen MR) is 124 cm³/mol. The second-order valence-electron chi connectivity index (χ2n) is 8.97. The Labute approximate surface area is 189 Å². The van der Waals surface area contributed by atoms with Crippen LogP contribution < -0.4 is 5.32 Å². The molecule has 0 saturated heterocycles. The zero-order chi connectivity index (χ0) is 24.0. The Kier molecular flexibility index (Phi) is 8.66. The Hall–Kier alpha value is -3.06. The molecule has 2 rings (SSSR count). The minimum atomic E-state index is -0.866. The highest BCUT2D eigenvalue weighted by Crippen LogP contribution is 2.32. The number of carboxylic acid groups (broad SMARTS) is 1. The molecular formula is C25H34N2O5. The lowest BCUT2D eigenvalue weighted by atomic mass is 9.98. The Morgan fingerprint density at radius 3 is 2.25 bits per heavy atom. The van der Waals surface area contributed by atoms with Gasteiger partial charge in [0.2, 0.25) is 0 Å². The van der Waals surface area contributed by atoms with E-state index in [-0.39, 0.29) is 34.8 Å². The van der Waals surface area contributed by atoms with Crippen LogP contribution in [0.4, 0.5) is 0 Å². The van der Waals surface area contributed by atoms with Crippen LogP contribution in [0, 0.1) is 5.92 Å². The number of carbonyl (C=O) groups excluding carboxylic acids is 1. The highest BCUT2D eigenvalue weighted by molar-refractivity contribution is 5.97. The van der Waals surface area contributed by atoms with Gasteiger partial charge in [-0.05, 0) is 41.0 Å². The van der Waals surface area contributed by atoms with E-state index in [1.54, 1.807) is 7.05 Å². The summed E-state index contributed by atoms with van der Waals surface area (Å²) in [5.74, 6) is -1.24. The standard InChI is InChI=1S/C25H34N2O5/c1-15(2)9-21(25(31)32)26-13-17-7-6-8-18(10-17)14-27(5)24(30)20-11-19(16(3)4)22(28)12-23(20)29/h6-8,10-12,15-16,21,26,28-29H,9,13-14H2,1-5H3,(H,31,32)/t21-/m1/s1. The van der Waals surface area contributed by atoms with Crippen molar-refractivity contribution in [2.45, 2.75) is 59.2 Å². The Morgan fingerprint density at radius 1 is 1.00 bits per heavy atom. The van der Waals surface area contributed by atoms with E-state index >= 15 is 0 Å². The second-order valence-corrected chi connectivity index (χ2v) is 8.97. The lowest BCUT2D eigenvalue weighted by molar-refractivity contribution is -0.140. The predicted octanol–water partition coefficient (Wildman–Crippen LogP) is 4.08. The van der Waals surface area contributed by atoms with E-state index in [2.05, 4.69) is 5.32 Å². The number of phenolic OH excluding ortho intramolecular Hbond substituents is 2. The first-order valence-electron chi connectivity index (χ1n) is 10.8. The normalized spacial score (nSPS) is 12.2. The topological polar surface area (TPSA) is 110 Å². The van der Waals surface area contributed by atoms with Gasteiger partial charge >= 0.3 is 5.97 Å². The summed E-state index contributed by atoms with van der Waals surface area (Å²) in [5.41, 5.74) is 2.55. The number of aromatic hydroxyl groups is 2.